The fourth-order valence-corrected chi connectivity index (χ4v) is 3.35. The van der Waals surface area contributed by atoms with Gasteiger partial charge in [0.05, 0.1) is 4.90 Å². The van der Waals surface area contributed by atoms with Gasteiger partial charge < -0.3 is 10.3 Å². The van der Waals surface area contributed by atoms with Gasteiger partial charge in [-0.1, -0.05) is 11.2 Å². The Morgan fingerprint density at radius 1 is 1.26 bits per heavy atom. The van der Waals surface area contributed by atoms with Crippen LogP contribution in [0.15, 0.2) is 27.6 Å². The van der Waals surface area contributed by atoms with E-state index in [0.717, 1.165) is 0 Å². The van der Waals surface area contributed by atoms with Crippen LogP contribution in [0.4, 0.5) is 11.5 Å². The zero-order chi connectivity index (χ0) is 14.2. The number of nitrogens with two attached hydrogens (primary N) is 1. The average molecular weight is 281 g/mol. The maximum atomic E-state index is 12.4. The van der Waals surface area contributed by atoms with Crippen LogP contribution in [-0.2, 0) is 10.0 Å². The Morgan fingerprint density at radius 2 is 1.95 bits per heavy atom. The summed E-state index contributed by atoms with van der Waals surface area (Å²) in [5.74, 6) is 0.678. The topological polar surface area (TPSA) is 98.2 Å². The lowest BCUT2D eigenvalue weighted by molar-refractivity contribution is 0.400. The van der Waals surface area contributed by atoms with Crippen molar-refractivity contribution in [3.8, 4) is 0 Å². The second-order valence-electron chi connectivity index (χ2n) is 4.35. The molecule has 2 aromatic rings. The summed E-state index contributed by atoms with van der Waals surface area (Å²) in [6.45, 7) is 5.07. The first-order valence-corrected chi connectivity index (χ1v) is 7.11. The molecule has 19 heavy (non-hydrogen) atoms. The number of anilines is 2. The van der Waals surface area contributed by atoms with Crippen molar-refractivity contribution in [2.45, 2.75) is 25.7 Å². The maximum absolute atomic E-state index is 12.4. The summed E-state index contributed by atoms with van der Waals surface area (Å²) < 4.78 is 31.9. The Kier molecular flexibility index (Phi) is 3.23. The SMILES string of the molecule is Cc1cc(NS(=O)(=O)c2c(C)ccc(N)c2C)no1. The molecule has 2 rings (SSSR count). The van der Waals surface area contributed by atoms with Gasteiger partial charge in [-0.15, -0.1) is 0 Å². The predicted octanol–water partition coefficient (Wildman–Crippen LogP) is 1.98. The van der Waals surface area contributed by atoms with E-state index in [1.807, 2.05) is 0 Å². The van der Waals surface area contributed by atoms with E-state index in [1.165, 1.54) is 6.07 Å². The summed E-state index contributed by atoms with van der Waals surface area (Å²) >= 11 is 0. The van der Waals surface area contributed by atoms with Crippen molar-refractivity contribution in [1.29, 1.82) is 0 Å². The number of aryl methyl sites for hydroxylation is 2. The summed E-state index contributed by atoms with van der Waals surface area (Å²) in [5, 5.41) is 3.61. The molecule has 102 valence electrons. The summed E-state index contributed by atoms with van der Waals surface area (Å²) in [7, 11) is -3.74. The minimum Gasteiger partial charge on any atom is -0.398 e. The largest absolute Gasteiger partial charge is 0.398 e. The van der Waals surface area contributed by atoms with Crippen LogP contribution in [0.1, 0.15) is 16.9 Å². The molecule has 0 aliphatic rings. The molecular formula is C12H15N3O3S. The van der Waals surface area contributed by atoms with Crippen LogP contribution in [0.2, 0.25) is 0 Å². The molecule has 0 unspecified atom stereocenters. The Hall–Kier alpha value is -2.02. The summed E-state index contributed by atoms with van der Waals surface area (Å²) in [4.78, 5) is 0.174. The molecule has 0 amide bonds. The Morgan fingerprint density at radius 3 is 2.53 bits per heavy atom. The van der Waals surface area contributed by atoms with Crippen molar-refractivity contribution < 1.29 is 12.9 Å². The molecule has 0 fully saturated rings. The number of nitrogens with one attached hydrogen (secondary N) is 1. The molecule has 0 bridgehead atoms. The summed E-state index contributed by atoms with van der Waals surface area (Å²) in [6, 6.07) is 4.86. The highest BCUT2D eigenvalue weighted by Crippen LogP contribution is 2.26. The second kappa shape index (κ2) is 4.58. The van der Waals surface area contributed by atoms with Gasteiger partial charge in [0.2, 0.25) is 0 Å². The Bertz CT molecular complexity index is 720. The minimum atomic E-state index is -3.74. The highest BCUT2D eigenvalue weighted by molar-refractivity contribution is 7.92. The average Bonchev–Trinajstić information content (AvgIpc) is 2.68. The number of hydrogen-bond donors (Lipinski definition) is 2. The van der Waals surface area contributed by atoms with Crippen LogP contribution in [-0.4, -0.2) is 13.6 Å². The quantitative estimate of drug-likeness (QED) is 0.838. The molecule has 0 aliphatic carbocycles. The van der Waals surface area contributed by atoms with Gasteiger partial charge in [0.1, 0.15) is 5.76 Å². The van der Waals surface area contributed by atoms with E-state index in [9.17, 15) is 8.42 Å². The first-order chi connectivity index (χ1) is 8.81. The molecule has 1 aromatic heterocycles. The van der Waals surface area contributed by atoms with Gasteiger partial charge in [0, 0.05) is 11.8 Å². The lowest BCUT2D eigenvalue weighted by Gasteiger charge is -2.12. The molecule has 0 aliphatic heterocycles. The Balaban J connectivity index is 2.48. The first-order valence-electron chi connectivity index (χ1n) is 5.63. The van der Waals surface area contributed by atoms with Gasteiger partial charge in [0.25, 0.3) is 10.0 Å². The number of rotatable bonds is 3. The molecule has 0 saturated carbocycles. The Labute approximate surface area is 111 Å². The van der Waals surface area contributed by atoms with Crippen molar-refractivity contribution in [2.24, 2.45) is 0 Å². The summed E-state index contributed by atoms with van der Waals surface area (Å²) in [6.07, 6.45) is 0. The number of hydrogen-bond acceptors (Lipinski definition) is 5. The third kappa shape index (κ3) is 2.55. The molecule has 3 N–H and O–H groups in total. The second-order valence-corrected chi connectivity index (χ2v) is 5.97. The summed E-state index contributed by atoms with van der Waals surface area (Å²) in [5.41, 5.74) is 7.34. The number of nitrogens with zero attached hydrogens (tertiary/aromatic N) is 1. The van der Waals surface area contributed by atoms with Gasteiger partial charge in [-0.05, 0) is 38.0 Å². The van der Waals surface area contributed by atoms with Crippen molar-refractivity contribution in [3.05, 3.63) is 35.1 Å². The minimum absolute atomic E-state index is 0.152. The third-order valence-corrected chi connectivity index (χ3v) is 4.42. The van der Waals surface area contributed by atoms with E-state index in [4.69, 9.17) is 10.3 Å². The van der Waals surface area contributed by atoms with Crippen LogP contribution in [0.25, 0.3) is 0 Å². The molecule has 0 radical (unpaired) electrons. The van der Waals surface area contributed by atoms with Crippen LogP contribution >= 0.6 is 0 Å². The van der Waals surface area contributed by atoms with E-state index in [2.05, 4.69) is 9.88 Å². The van der Waals surface area contributed by atoms with E-state index >= 15 is 0 Å². The van der Waals surface area contributed by atoms with Crippen LogP contribution in [0.5, 0.6) is 0 Å². The van der Waals surface area contributed by atoms with Crippen LogP contribution in [0.3, 0.4) is 0 Å². The van der Waals surface area contributed by atoms with Crippen LogP contribution in [0, 0.1) is 20.8 Å². The molecule has 7 heteroatoms. The van der Waals surface area contributed by atoms with Crippen molar-refractivity contribution in [2.75, 3.05) is 10.5 Å². The zero-order valence-electron chi connectivity index (χ0n) is 10.9. The monoisotopic (exact) mass is 281 g/mol. The predicted molar refractivity (Wildman–Crippen MR) is 72.4 cm³/mol. The van der Waals surface area contributed by atoms with E-state index in [-0.39, 0.29) is 10.7 Å². The van der Waals surface area contributed by atoms with Gasteiger partial charge in [-0.3, -0.25) is 4.72 Å². The van der Waals surface area contributed by atoms with E-state index in [1.54, 1.807) is 32.9 Å². The normalized spacial score (nSPS) is 11.5. The number of sulfonamides is 1. The number of aromatic nitrogens is 1. The van der Waals surface area contributed by atoms with E-state index < -0.39 is 10.0 Å². The van der Waals surface area contributed by atoms with Crippen LogP contribution < -0.4 is 10.5 Å². The molecule has 0 spiro atoms. The van der Waals surface area contributed by atoms with Crippen molar-refractivity contribution >= 4 is 21.5 Å². The number of nitrogen functional groups attached to an aromatic ring is 1. The van der Waals surface area contributed by atoms with Gasteiger partial charge in [0.15, 0.2) is 5.82 Å². The van der Waals surface area contributed by atoms with Crippen molar-refractivity contribution in [1.82, 2.24) is 5.16 Å². The molecular weight excluding hydrogens is 266 g/mol. The standard InChI is InChI=1S/C12H15N3O3S/c1-7-4-5-10(13)9(3)12(7)19(16,17)15-11-6-8(2)18-14-11/h4-6H,13H2,1-3H3,(H,14,15). The fraction of sp³-hybridized carbons (Fsp3) is 0.250. The molecule has 1 heterocycles. The van der Waals surface area contributed by atoms with Gasteiger partial charge in [-0.2, -0.15) is 0 Å². The molecule has 1 aromatic carbocycles. The zero-order valence-corrected chi connectivity index (χ0v) is 11.7. The third-order valence-electron chi connectivity index (χ3n) is 2.78. The lowest BCUT2D eigenvalue weighted by atomic mass is 10.1. The maximum Gasteiger partial charge on any atom is 0.263 e. The van der Waals surface area contributed by atoms with Gasteiger partial charge >= 0.3 is 0 Å². The molecule has 6 nitrogen and oxygen atoms in total. The smallest absolute Gasteiger partial charge is 0.263 e. The van der Waals surface area contributed by atoms with Gasteiger partial charge in [-0.25, -0.2) is 8.42 Å². The molecule has 0 atom stereocenters. The fourth-order valence-electron chi connectivity index (χ4n) is 1.86. The van der Waals surface area contributed by atoms with Crippen molar-refractivity contribution in [3.63, 3.8) is 0 Å². The number of benzene rings is 1. The van der Waals surface area contributed by atoms with E-state index in [0.29, 0.717) is 22.6 Å². The first kappa shape index (κ1) is 13.4. The highest BCUT2D eigenvalue weighted by atomic mass is 32.2. The lowest BCUT2D eigenvalue weighted by Crippen LogP contribution is -2.16. The molecule has 0 saturated heterocycles. The highest BCUT2D eigenvalue weighted by Gasteiger charge is 2.22.